The number of likely N-dealkylation sites (N-methyl/N-ethyl adjacent to an activating group) is 1. The molecule has 0 aliphatic carbocycles. The van der Waals surface area contributed by atoms with Crippen LogP contribution in [0, 0.1) is 0 Å². The molecule has 0 amide bonds. The molecule has 0 aromatic carbocycles. The van der Waals surface area contributed by atoms with Gasteiger partial charge < -0.3 is 15.3 Å². The van der Waals surface area contributed by atoms with Crippen molar-refractivity contribution in [2.45, 2.75) is 18.9 Å². The minimum Gasteiger partial charge on any atom is -0.481 e. The van der Waals surface area contributed by atoms with Crippen molar-refractivity contribution in [3.8, 4) is 0 Å². The topological polar surface area (TPSA) is 55.8 Å². The molecule has 2 rings (SSSR count). The average Bonchev–Trinajstić information content (AvgIpc) is 2.23. The molecule has 0 radical (unpaired) electrons. The van der Waals surface area contributed by atoms with Crippen molar-refractivity contribution in [1.82, 2.24) is 15.1 Å². The lowest BCUT2D eigenvalue weighted by Gasteiger charge is -2.52. The van der Waals surface area contributed by atoms with Crippen molar-refractivity contribution in [1.29, 1.82) is 0 Å². The van der Waals surface area contributed by atoms with Crippen LogP contribution in [0.4, 0.5) is 0 Å². The van der Waals surface area contributed by atoms with E-state index in [-0.39, 0.29) is 12.0 Å². The van der Waals surface area contributed by atoms with E-state index in [0.29, 0.717) is 0 Å². The van der Waals surface area contributed by atoms with E-state index in [4.69, 9.17) is 5.11 Å². The van der Waals surface area contributed by atoms with Crippen LogP contribution in [0.2, 0.25) is 0 Å². The molecular weight excluding hydrogens is 206 g/mol. The highest BCUT2D eigenvalue weighted by atomic mass is 16.4. The van der Waals surface area contributed by atoms with E-state index >= 15 is 0 Å². The number of rotatable bonds is 4. The van der Waals surface area contributed by atoms with Gasteiger partial charge in [0.15, 0.2) is 0 Å². The van der Waals surface area contributed by atoms with E-state index in [1.165, 1.54) is 0 Å². The van der Waals surface area contributed by atoms with Crippen molar-refractivity contribution >= 4 is 5.97 Å². The summed E-state index contributed by atoms with van der Waals surface area (Å²) in [7, 11) is 0. The zero-order valence-corrected chi connectivity index (χ0v) is 9.91. The van der Waals surface area contributed by atoms with Crippen molar-refractivity contribution in [2.24, 2.45) is 0 Å². The Kier molecular flexibility index (Phi) is 3.47. The van der Waals surface area contributed by atoms with Crippen molar-refractivity contribution < 1.29 is 9.90 Å². The first-order chi connectivity index (χ1) is 7.66. The van der Waals surface area contributed by atoms with Gasteiger partial charge in [0.25, 0.3) is 0 Å². The Balaban J connectivity index is 1.93. The Morgan fingerprint density at radius 3 is 2.31 bits per heavy atom. The maximum Gasteiger partial charge on any atom is 0.305 e. The number of nitrogens with one attached hydrogen (secondary N) is 1. The van der Waals surface area contributed by atoms with Crippen LogP contribution >= 0.6 is 0 Å². The molecule has 0 spiro atoms. The smallest absolute Gasteiger partial charge is 0.305 e. The third-order valence-electron chi connectivity index (χ3n) is 3.88. The van der Waals surface area contributed by atoms with Crippen molar-refractivity contribution in [3.05, 3.63) is 0 Å². The van der Waals surface area contributed by atoms with E-state index in [1.807, 2.05) is 0 Å². The first-order valence-corrected chi connectivity index (χ1v) is 6.06. The summed E-state index contributed by atoms with van der Waals surface area (Å²) >= 11 is 0. The molecule has 0 saturated carbocycles. The Labute approximate surface area is 96.4 Å². The zero-order chi connectivity index (χ0) is 11.6. The van der Waals surface area contributed by atoms with Gasteiger partial charge in [-0.15, -0.1) is 0 Å². The lowest BCUT2D eigenvalue weighted by atomic mass is 9.86. The molecule has 0 atom stereocenters. The molecule has 0 bridgehead atoms. The maximum atomic E-state index is 10.9. The minimum absolute atomic E-state index is 0.105. The van der Waals surface area contributed by atoms with Gasteiger partial charge in [-0.05, 0) is 6.54 Å². The van der Waals surface area contributed by atoms with E-state index in [0.717, 1.165) is 45.8 Å². The van der Waals surface area contributed by atoms with Crippen LogP contribution < -0.4 is 5.32 Å². The Morgan fingerprint density at radius 1 is 1.31 bits per heavy atom. The molecule has 92 valence electrons. The molecule has 2 saturated heterocycles. The van der Waals surface area contributed by atoms with E-state index in [1.54, 1.807) is 0 Å². The summed E-state index contributed by atoms with van der Waals surface area (Å²) < 4.78 is 0. The van der Waals surface area contributed by atoms with Crippen LogP contribution in [0.25, 0.3) is 0 Å². The zero-order valence-electron chi connectivity index (χ0n) is 9.91. The van der Waals surface area contributed by atoms with Crippen molar-refractivity contribution in [3.63, 3.8) is 0 Å². The van der Waals surface area contributed by atoms with Gasteiger partial charge >= 0.3 is 5.97 Å². The molecule has 2 fully saturated rings. The molecule has 2 aliphatic heterocycles. The van der Waals surface area contributed by atoms with Crippen LogP contribution in [0.15, 0.2) is 0 Å². The predicted molar refractivity (Wildman–Crippen MR) is 61.5 cm³/mol. The second kappa shape index (κ2) is 4.69. The summed E-state index contributed by atoms with van der Waals surface area (Å²) in [5.74, 6) is -0.681. The quantitative estimate of drug-likeness (QED) is 0.674. The number of hydrogen-bond acceptors (Lipinski definition) is 4. The van der Waals surface area contributed by atoms with Crippen LogP contribution in [-0.2, 0) is 4.79 Å². The standard InChI is InChI=1S/C11H21N3O2/c1-2-13-3-5-14(6-4-13)11(7-10(15)16)8-12-9-11/h12H,2-9H2,1H3,(H,15,16). The Morgan fingerprint density at radius 2 is 1.94 bits per heavy atom. The summed E-state index contributed by atoms with van der Waals surface area (Å²) in [6, 6.07) is 0. The summed E-state index contributed by atoms with van der Waals surface area (Å²) in [5.41, 5.74) is -0.105. The SMILES string of the molecule is CCN1CCN(C2(CC(=O)O)CNC2)CC1. The van der Waals surface area contributed by atoms with E-state index in [9.17, 15) is 4.79 Å². The largest absolute Gasteiger partial charge is 0.481 e. The highest BCUT2D eigenvalue weighted by Gasteiger charge is 2.44. The van der Waals surface area contributed by atoms with E-state index < -0.39 is 5.97 Å². The molecular formula is C11H21N3O2. The highest BCUT2D eigenvalue weighted by Crippen LogP contribution is 2.26. The number of nitrogens with zero attached hydrogens (tertiary/aromatic N) is 2. The van der Waals surface area contributed by atoms with Gasteiger partial charge in [0.05, 0.1) is 12.0 Å². The lowest BCUT2D eigenvalue weighted by molar-refractivity contribution is -0.142. The second-order valence-electron chi connectivity index (χ2n) is 4.82. The summed E-state index contributed by atoms with van der Waals surface area (Å²) in [6.45, 7) is 9.06. The monoisotopic (exact) mass is 227 g/mol. The Bertz CT molecular complexity index is 258. The van der Waals surface area contributed by atoms with Crippen LogP contribution in [0.5, 0.6) is 0 Å². The summed E-state index contributed by atoms with van der Waals surface area (Å²) in [4.78, 5) is 15.7. The van der Waals surface area contributed by atoms with Gasteiger partial charge in [-0.1, -0.05) is 6.92 Å². The predicted octanol–water partition coefficient (Wildman–Crippen LogP) is -0.559. The molecule has 2 heterocycles. The molecule has 5 heteroatoms. The lowest BCUT2D eigenvalue weighted by Crippen LogP contribution is -2.72. The van der Waals surface area contributed by atoms with Gasteiger partial charge in [-0.2, -0.15) is 0 Å². The number of aliphatic carboxylic acids is 1. The fourth-order valence-corrected chi connectivity index (χ4v) is 2.69. The molecule has 2 aliphatic rings. The molecule has 16 heavy (non-hydrogen) atoms. The summed E-state index contributed by atoms with van der Waals surface area (Å²) in [6.07, 6.45) is 0.270. The second-order valence-corrected chi connectivity index (χ2v) is 4.82. The van der Waals surface area contributed by atoms with Crippen LogP contribution in [0.1, 0.15) is 13.3 Å². The fourth-order valence-electron chi connectivity index (χ4n) is 2.69. The minimum atomic E-state index is -0.681. The van der Waals surface area contributed by atoms with Crippen LogP contribution in [0.3, 0.4) is 0 Å². The number of carbonyl (C=O) groups is 1. The molecule has 0 unspecified atom stereocenters. The van der Waals surface area contributed by atoms with Crippen molar-refractivity contribution in [2.75, 3.05) is 45.8 Å². The highest BCUT2D eigenvalue weighted by molar-refractivity contribution is 5.68. The van der Waals surface area contributed by atoms with E-state index in [2.05, 4.69) is 22.0 Å². The molecule has 0 aromatic rings. The number of hydrogen-bond donors (Lipinski definition) is 2. The Hall–Kier alpha value is -0.650. The van der Waals surface area contributed by atoms with Gasteiger partial charge in [-0.3, -0.25) is 9.69 Å². The van der Waals surface area contributed by atoms with Crippen LogP contribution in [-0.4, -0.2) is 72.2 Å². The first kappa shape index (κ1) is 11.8. The molecule has 2 N–H and O–H groups in total. The first-order valence-electron chi connectivity index (χ1n) is 6.06. The summed E-state index contributed by atoms with van der Waals surface area (Å²) in [5, 5.41) is 12.2. The number of carboxylic acid groups (broad SMARTS) is 1. The third kappa shape index (κ3) is 2.21. The van der Waals surface area contributed by atoms with Gasteiger partial charge in [-0.25, -0.2) is 0 Å². The van der Waals surface area contributed by atoms with Gasteiger partial charge in [0, 0.05) is 39.3 Å². The molecule has 5 nitrogen and oxygen atoms in total. The number of carboxylic acids is 1. The maximum absolute atomic E-state index is 10.9. The third-order valence-corrected chi connectivity index (χ3v) is 3.88. The number of piperazine rings is 1. The molecule has 0 aromatic heterocycles. The van der Waals surface area contributed by atoms with Gasteiger partial charge in [0.1, 0.15) is 0 Å². The average molecular weight is 227 g/mol. The van der Waals surface area contributed by atoms with Gasteiger partial charge in [0.2, 0.25) is 0 Å². The fraction of sp³-hybridized carbons (Fsp3) is 0.909. The normalized spacial score (nSPS) is 26.3.